The Bertz CT molecular complexity index is 394. The highest BCUT2D eigenvalue weighted by atomic mass is 19.1. The molecule has 4 nitrogen and oxygen atoms in total. The molecule has 1 atom stereocenters. The third-order valence-corrected chi connectivity index (χ3v) is 2.46. The van der Waals surface area contributed by atoms with E-state index in [4.69, 9.17) is 0 Å². The molecule has 2 rings (SSSR count). The van der Waals surface area contributed by atoms with Gasteiger partial charge >= 0.3 is 0 Å². The van der Waals surface area contributed by atoms with Crippen molar-refractivity contribution >= 4 is 0 Å². The minimum absolute atomic E-state index is 0.299. The Morgan fingerprint density at radius 3 is 3.00 bits per heavy atom. The predicted molar refractivity (Wildman–Crippen MR) is 47.6 cm³/mol. The van der Waals surface area contributed by atoms with Crippen LogP contribution in [0, 0.1) is 15.9 Å². The lowest BCUT2D eigenvalue weighted by Gasteiger charge is -2.10. The van der Waals surface area contributed by atoms with Gasteiger partial charge in [0.15, 0.2) is 0 Å². The van der Waals surface area contributed by atoms with Crippen LogP contribution in [0.3, 0.4) is 0 Å². The SMILES string of the molecule is CN1Cc2c(F)cccc2C1[N+](=O)[O-]. The molecule has 5 heteroatoms. The van der Waals surface area contributed by atoms with Crippen LogP contribution in [0.5, 0.6) is 0 Å². The Labute approximate surface area is 80.1 Å². The lowest BCUT2D eigenvalue weighted by atomic mass is 10.1. The first-order valence-corrected chi connectivity index (χ1v) is 4.22. The van der Waals surface area contributed by atoms with Gasteiger partial charge in [-0.15, -0.1) is 0 Å². The fourth-order valence-electron chi connectivity index (χ4n) is 1.83. The van der Waals surface area contributed by atoms with E-state index in [1.165, 1.54) is 17.0 Å². The first-order valence-electron chi connectivity index (χ1n) is 4.22. The van der Waals surface area contributed by atoms with E-state index in [1.54, 1.807) is 13.1 Å². The quantitative estimate of drug-likeness (QED) is 0.505. The number of halogens is 1. The molecule has 1 aromatic carbocycles. The summed E-state index contributed by atoms with van der Waals surface area (Å²) in [5.74, 6) is -0.362. The van der Waals surface area contributed by atoms with E-state index in [9.17, 15) is 14.5 Å². The molecule has 0 aromatic heterocycles. The number of fused-ring (bicyclic) bond motifs is 1. The van der Waals surface area contributed by atoms with Crippen molar-refractivity contribution in [1.29, 1.82) is 0 Å². The second-order valence-electron chi connectivity index (χ2n) is 3.38. The Kier molecular flexibility index (Phi) is 1.96. The lowest BCUT2D eigenvalue weighted by Crippen LogP contribution is -2.23. The fourth-order valence-corrected chi connectivity index (χ4v) is 1.83. The summed E-state index contributed by atoms with van der Waals surface area (Å²) in [4.78, 5) is 11.9. The average molecular weight is 196 g/mol. The molecule has 0 amide bonds. The maximum absolute atomic E-state index is 13.3. The van der Waals surface area contributed by atoms with Crippen LogP contribution in [-0.2, 0) is 6.54 Å². The molecule has 0 saturated carbocycles. The van der Waals surface area contributed by atoms with Crippen molar-refractivity contribution in [1.82, 2.24) is 4.90 Å². The van der Waals surface area contributed by atoms with Gasteiger partial charge in [0.2, 0.25) is 0 Å². The largest absolute Gasteiger partial charge is 0.294 e. The van der Waals surface area contributed by atoms with E-state index in [0.717, 1.165) is 0 Å². The van der Waals surface area contributed by atoms with Gasteiger partial charge in [-0.1, -0.05) is 12.1 Å². The number of nitrogens with zero attached hydrogens (tertiary/aromatic N) is 2. The Hall–Kier alpha value is -1.49. The zero-order valence-electron chi connectivity index (χ0n) is 7.61. The minimum Gasteiger partial charge on any atom is -0.262 e. The molecular formula is C9H9FN2O2. The molecule has 1 heterocycles. The standard InChI is InChI=1S/C9H9FN2O2/c1-11-5-7-6(9(11)12(13)14)3-2-4-8(7)10/h2-4,9H,5H2,1H3. The Balaban J connectivity index is 2.53. The Morgan fingerprint density at radius 1 is 1.64 bits per heavy atom. The van der Waals surface area contributed by atoms with Crippen molar-refractivity contribution in [2.24, 2.45) is 0 Å². The van der Waals surface area contributed by atoms with Crippen LogP contribution in [0.25, 0.3) is 0 Å². The summed E-state index contributed by atoms with van der Waals surface area (Å²) in [6.45, 7) is 0.299. The van der Waals surface area contributed by atoms with Crippen LogP contribution < -0.4 is 0 Å². The van der Waals surface area contributed by atoms with E-state index < -0.39 is 11.1 Å². The molecular weight excluding hydrogens is 187 g/mol. The molecule has 0 aliphatic carbocycles. The number of nitro groups is 1. The van der Waals surface area contributed by atoms with Gasteiger partial charge in [-0.3, -0.25) is 10.1 Å². The summed E-state index contributed by atoms with van der Waals surface area (Å²) in [5, 5.41) is 10.7. The topological polar surface area (TPSA) is 46.4 Å². The van der Waals surface area contributed by atoms with Gasteiger partial charge in [-0.2, -0.15) is 0 Å². The van der Waals surface area contributed by atoms with Crippen molar-refractivity contribution in [2.75, 3.05) is 7.05 Å². The first kappa shape index (κ1) is 9.08. The first-order chi connectivity index (χ1) is 6.61. The molecule has 0 radical (unpaired) electrons. The second-order valence-corrected chi connectivity index (χ2v) is 3.38. The van der Waals surface area contributed by atoms with Crippen molar-refractivity contribution in [3.05, 3.63) is 45.3 Å². The molecule has 1 unspecified atom stereocenters. The summed E-state index contributed by atoms with van der Waals surface area (Å²) in [6, 6.07) is 4.44. The number of hydrogen-bond donors (Lipinski definition) is 0. The smallest absolute Gasteiger partial charge is 0.262 e. The maximum Gasteiger partial charge on any atom is 0.294 e. The van der Waals surface area contributed by atoms with Crippen molar-refractivity contribution in [2.45, 2.75) is 12.7 Å². The van der Waals surface area contributed by atoms with Gasteiger partial charge in [-0.05, 0) is 13.1 Å². The zero-order valence-corrected chi connectivity index (χ0v) is 7.61. The van der Waals surface area contributed by atoms with E-state index in [2.05, 4.69) is 0 Å². The highest BCUT2D eigenvalue weighted by Gasteiger charge is 2.37. The number of hydrogen-bond acceptors (Lipinski definition) is 3. The summed E-state index contributed by atoms with van der Waals surface area (Å²) in [6.07, 6.45) is -0.902. The van der Waals surface area contributed by atoms with Crippen molar-refractivity contribution < 1.29 is 9.31 Å². The summed E-state index contributed by atoms with van der Waals surface area (Å²) in [5.41, 5.74) is 0.911. The number of rotatable bonds is 1. The molecule has 14 heavy (non-hydrogen) atoms. The molecule has 0 bridgehead atoms. The average Bonchev–Trinajstić information content (AvgIpc) is 2.42. The highest BCUT2D eigenvalue weighted by Crippen LogP contribution is 2.33. The maximum atomic E-state index is 13.3. The van der Waals surface area contributed by atoms with Gasteiger partial charge in [-0.25, -0.2) is 9.29 Å². The lowest BCUT2D eigenvalue weighted by molar-refractivity contribution is -0.554. The van der Waals surface area contributed by atoms with Crippen LogP contribution in [0.15, 0.2) is 18.2 Å². The van der Waals surface area contributed by atoms with E-state index in [1.807, 2.05) is 0 Å². The second kappa shape index (κ2) is 3.02. The summed E-state index contributed by atoms with van der Waals surface area (Å²) < 4.78 is 13.3. The molecule has 1 aromatic rings. The van der Waals surface area contributed by atoms with Crippen LogP contribution in [0.2, 0.25) is 0 Å². The van der Waals surface area contributed by atoms with E-state index in [-0.39, 0.29) is 5.82 Å². The molecule has 1 aliphatic rings. The van der Waals surface area contributed by atoms with Gasteiger partial charge in [0.25, 0.3) is 6.17 Å². The van der Waals surface area contributed by atoms with Gasteiger partial charge in [0, 0.05) is 22.6 Å². The molecule has 0 N–H and O–H groups in total. The van der Waals surface area contributed by atoms with Crippen LogP contribution >= 0.6 is 0 Å². The molecule has 0 saturated heterocycles. The normalized spacial score (nSPS) is 20.9. The van der Waals surface area contributed by atoms with Crippen molar-refractivity contribution in [3.8, 4) is 0 Å². The Morgan fingerprint density at radius 2 is 2.36 bits per heavy atom. The molecule has 1 aliphatic heterocycles. The van der Waals surface area contributed by atoms with Crippen LogP contribution in [0.1, 0.15) is 17.3 Å². The minimum atomic E-state index is -0.902. The fraction of sp³-hybridized carbons (Fsp3) is 0.333. The third kappa shape index (κ3) is 1.17. The van der Waals surface area contributed by atoms with E-state index in [0.29, 0.717) is 17.7 Å². The molecule has 74 valence electrons. The highest BCUT2D eigenvalue weighted by molar-refractivity contribution is 5.33. The van der Waals surface area contributed by atoms with Gasteiger partial charge in [0.1, 0.15) is 5.82 Å². The molecule has 0 fully saturated rings. The molecule has 0 spiro atoms. The summed E-state index contributed by atoms with van der Waals surface area (Å²) in [7, 11) is 1.62. The number of benzene rings is 1. The monoisotopic (exact) mass is 196 g/mol. The predicted octanol–water partition coefficient (Wildman–Crippen LogP) is 1.55. The van der Waals surface area contributed by atoms with Gasteiger partial charge < -0.3 is 0 Å². The van der Waals surface area contributed by atoms with Crippen LogP contribution in [0.4, 0.5) is 4.39 Å². The van der Waals surface area contributed by atoms with Crippen molar-refractivity contribution in [3.63, 3.8) is 0 Å². The summed E-state index contributed by atoms with van der Waals surface area (Å²) >= 11 is 0. The van der Waals surface area contributed by atoms with Crippen LogP contribution in [-0.4, -0.2) is 16.9 Å². The van der Waals surface area contributed by atoms with E-state index >= 15 is 0 Å². The van der Waals surface area contributed by atoms with Gasteiger partial charge in [0.05, 0.1) is 0 Å². The third-order valence-electron chi connectivity index (χ3n) is 2.46. The zero-order chi connectivity index (χ0) is 10.3.